The average molecular weight is 134 g/mol. The molecule has 0 unspecified atom stereocenters. The van der Waals surface area contributed by atoms with E-state index in [0.29, 0.717) is 5.84 Å². The number of rotatable bonds is 1. The summed E-state index contributed by atoms with van der Waals surface area (Å²) in [6.45, 7) is 4.77. The molecule has 0 bridgehead atoms. The van der Waals surface area contributed by atoms with Gasteiger partial charge in [-0.3, -0.25) is 4.57 Å². The summed E-state index contributed by atoms with van der Waals surface area (Å²) in [6, 6.07) is 0. The fraction of sp³-hybridized carbons (Fsp3) is 0.750. The lowest BCUT2D eigenvalue weighted by molar-refractivity contribution is 0.583. The normalized spacial score (nSPS) is 14.1. The highest BCUT2D eigenvalue weighted by Crippen LogP contribution is 2.37. The summed E-state index contributed by atoms with van der Waals surface area (Å²) < 4.78 is 14.4. The maximum absolute atomic E-state index is 10.8. The van der Waals surface area contributed by atoms with Crippen LogP contribution in [0.15, 0.2) is 4.76 Å². The first-order chi connectivity index (χ1) is 3.42. The molecule has 8 heavy (non-hydrogen) atoms. The number of nitrogens with two attached hydrogens (primary N) is 1. The zero-order valence-corrected chi connectivity index (χ0v) is 6.27. The van der Waals surface area contributed by atoms with E-state index in [1.54, 1.807) is 20.3 Å². The van der Waals surface area contributed by atoms with Crippen molar-refractivity contribution in [3.63, 3.8) is 0 Å². The van der Waals surface area contributed by atoms with E-state index in [0.717, 1.165) is 0 Å². The van der Waals surface area contributed by atoms with E-state index in [1.807, 2.05) is 0 Å². The second kappa shape index (κ2) is 2.31. The van der Waals surface area contributed by atoms with E-state index in [9.17, 15) is 4.57 Å². The summed E-state index contributed by atoms with van der Waals surface area (Å²) in [5.41, 5.74) is 5.16. The highest BCUT2D eigenvalue weighted by Gasteiger charge is 2.00. The summed E-state index contributed by atoms with van der Waals surface area (Å²) in [4.78, 5) is 0. The Kier molecular flexibility index (Phi) is 2.23. The highest BCUT2D eigenvalue weighted by atomic mass is 31.2. The van der Waals surface area contributed by atoms with Crippen molar-refractivity contribution in [2.75, 3.05) is 13.3 Å². The Morgan fingerprint density at radius 1 is 1.62 bits per heavy atom. The third kappa shape index (κ3) is 5.70. The highest BCUT2D eigenvalue weighted by molar-refractivity contribution is 7.61. The van der Waals surface area contributed by atoms with E-state index >= 15 is 0 Å². The van der Waals surface area contributed by atoms with Crippen LogP contribution < -0.4 is 5.73 Å². The minimum absolute atomic E-state index is 0.387. The van der Waals surface area contributed by atoms with Crippen LogP contribution >= 0.6 is 7.29 Å². The van der Waals surface area contributed by atoms with E-state index in [-0.39, 0.29) is 0 Å². The first-order valence-corrected chi connectivity index (χ1v) is 4.84. The first kappa shape index (κ1) is 7.70. The summed E-state index contributed by atoms with van der Waals surface area (Å²) in [5, 5.41) is 0. The summed E-state index contributed by atoms with van der Waals surface area (Å²) in [6.07, 6.45) is 0. The minimum Gasteiger partial charge on any atom is -0.387 e. The van der Waals surface area contributed by atoms with Crippen molar-refractivity contribution in [3.05, 3.63) is 0 Å². The Hall–Kier alpha value is -0.300. The van der Waals surface area contributed by atoms with Crippen LogP contribution in [0.25, 0.3) is 0 Å². The molecule has 0 aliphatic rings. The van der Waals surface area contributed by atoms with Gasteiger partial charge in [0.1, 0.15) is 0 Å². The van der Waals surface area contributed by atoms with Gasteiger partial charge in [-0.15, -0.1) is 0 Å². The molecule has 48 valence electrons. The van der Waals surface area contributed by atoms with Crippen LogP contribution in [0.4, 0.5) is 0 Å². The quantitative estimate of drug-likeness (QED) is 0.329. The van der Waals surface area contributed by atoms with Crippen molar-refractivity contribution in [1.29, 1.82) is 0 Å². The molecule has 0 aliphatic heterocycles. The summed E-state index contributed by atoms with van der Waals surface area (Å²) in [5.74, 6) is 0.387. The van der Waals surface area contributed by atoms with Crippen LogP contribution in [0.2, 0.25) is 0 Å². The maximum Gasteiger partial charge on any atom is 0.185 e. The van der Waals surface area contributed by atoms with Gasteiger partial charge in [-0.25, -0.2) is 4.76 Å². The van der Waals surface area contributed by atoms with Gasteiger partial charge < -0.3 is 5.73 Å². The number of amidine groups is 1. The molecule has 0 fully saturated rings. The summed E-state index contributed by atoms with van der Waals surface area (Å²) in [7, 11) is -2.26. The van der Waals surface area contributed by atoms with Crippen molar-refractivity contribution in [2.24, 2.45) is 10.5 Å². The molecule has 0 atom stereocenters. The van der Waals surface area contributed by atoms with E-state index in [1.165, 1.54) is 0 Å². The predicted molar refractivity (Wildman–Crippen MR) is 36.8 cm³/mol. The van der Waals surface area contributed by atoms with Gasteiger partial charge in [0.05, 0.1) is 5.84 Å². The van der Waals surface area contributed by atoms with Gasteiger partial charge in [-0.1, -0.05) is 0 Å². The smallest absolute Gasteiger partial charge is 0.185 e. The third-order valence-electron chi connectivity index (χ3n) is 0.399. The molecular weight excluding hydrogens is 123 g/mol. The molecule has 0 rings (SSSR count). The van der Waals surface area contributed by atoms with Gasteiger partial charge in [0, 0.05) is 13.3 Å². The second-order valence-corrected chi connectivity index (χ2v) is 4.82. The van der Waals surface area contributed by atoms with Crippen LogP contribution in [-0.4, -0.2) is 19.2 Å². The Morgan fingerprint density at radius 2 is 2.00 bits per heavy atom. The number of nitrogens with zero attached hydrogens (tertiary/aromatic N) is 1. The Balaban J connectivity index is 4.11. The number of hydrogen-bond donors (Lipinski definition) is 1. The molecule has 0 radical (unpaired) electrons. The van der Waals surface area contributed by atoms with Gasteiger partial charge in [0.15, 0.2) is 7.29 Å². The van der Waals surface area contributed by atoms with Crippen molar-refractivity contribution in [2.45, 2.75) is 6.92 Å². The molecule has 0 heterocycles. The van der Waals surface area contributed by atoms with Gasteiger partial charge in [-0.05, 0) is 6.92 Å². The Morgan fingerprint density at radius 3 is 2.00 bits per heavy atom. The fourth-order valence-corrected chi connectivity index (χ4v) is 1.14. The molecule has 2 N–H and O–H groups in total. The minimum atomic E-state index is -2.26. The monoisotopic (exact) mass is 134 g/mol. The molecule has 0 aromatic carbocycles. The van der Waals surface area contributed by atoms with Gasteiger partial charge >= 0.3 is 0 Å². The lowest BCUT2D eigenvalue weighted by atomic mass is 10.8. The van der Waals surface area contributed by atoms with E-state index < -0.39 is 7.29 Å². The molecule has 3 nitrogen and oxygen atoms in total. The number of hydrogen-bond acceptors (Lipinski definition) is 1. The van der Waals surface area contributed by atoms with Crippen LogP contribution in [0, 0.1) is 0 Å². The molecule has 0 saturated heterocycles. The first-order valence-electron chi connectivity index (χ1n) is 2.29. The molecule has 0 aliphatic carbocycles. The van der Waals surface area contributed by atoms with Crippen LogP contribution in [-0.2, 0) is 4.57 Å². The molecule has 0 saturated carbocycles. The Labute approximate surface area is 49.4 Å². The summed E-state index contributed by atoms with van der Waals surface area (Å²) >= 11 is 0. The van der Waals surface area contributed by atoms with Gasteiger partial charge in [-0.2, -0.15) is 0 Å². The van der Waals surface area contributed by atoms with Crippen LogP contribution in [0.1, 0.15) is 6.92 Å². The van der Waals surface area contributed by atoms with Crippen molar-refractivity contribution >= 4 is 13.1 Å². The van der Waals surface area contributed by atoms with E-state index in [2.05, 4.69) is 4.76 Å². The zero-order valence-electron chi connectivity index (χ0n) is 5.38. The fourth-order valence-electron chi connectivity index (χ4n) is 0.380. The van der Waals surface area contributed by atoms with Crippen LogP contribution in [0.3, 0.4) is 0 Å². The molecule has 4 heteroatoms. The van der Waals surface area contributed by atoms with Gasteiger partial charge in [0.25, 0.3) is 0 Å². The lowest BCUT2D eigenvalue weighted by Crippen LogP contribution is -2.04. The van der Waals surface area contributed by atoms with Crippen molar-refractivity contribution < 1.29 is 4.57 Å². The molecule has 0 aromatic rings. The SMILES string of the molecule is CC(N)=NP(C)(C)=O. The maximum atomic E-state index is 10.8. The average Bonchev–Trinajstić information content (AvgIpc) is 1.21. The third-order valence-corrected chi connectivity index (χ3v) is 1.20. The van der Waals surface area contributed by atoms with Crippen molar-refractivity contribution in [1.82, 2.24) is 0 Å². The molecule has 0 aromatic heterocycles. The predicted octanol–water partition coefficient (Wildman–Crippen LogP) is 0.901. The lowest BCUT2D eigenvalue weighted by Gasteiger charge is -1.96. The largest absolute Gasteiger partial charge is 0.387 e. The zero-order chi connectivity index (χ0) is 6.78. The topological polar surface area (TPSA) is 55.4 Å². The van der Waals surface area contributed by atoms with E-state index in [4.69, 9.17) is 5.73 Å². The second-order valence-electron chi connectivity index (χ2n) is 2.04. The van der Waals surface area contributed by atoms with Gasteiger partial charge in [0.2, 0.25) is 0 Å². The van der Waals surface area contributed by atoms with Crippen LogP contribution in [0.5, 0.6) is 0 Å². The van der Waals surface area contributed by atoms with Crippen molar-refractivity contribution in [3.8, 4) is 0 Å². The molecule has 0 amide bonds. The standard InChI is InChI=1S/C4H11N2OP/c1-4(5)6-8(2,3)7/h1-3H3,(H2,5,6,7). The molecule has 0 spiro atoms. The molecular formula is C4H11N2OP. The Bertz CT molecular complexity index is 142.